The molecule has 1 aliphatic rings. The van der Waals surface area contributed by atoms with Crippen LogP contribution in [0.4, 0.5) is 4.39 Å². The Morgan fingerprint density at radius 1 is 1.30 bits per heavy atom. The summed E-state index contributed by atoms with van der Waals surface area (Å²) in [5, 5.41) is 16.5. The molecule has 0 radical (unpaired) electrons. The minimum atomic E-state index is -0.899. The van der Waals surface area contributed by atoms with Crippen LogP contribution >= 0.6 is 0 Å². The predicted octanol–water partition coefficient (Wildman–Crippen LogP) is 2.99. The average molecular weight is 321 g/mol. The lowest BCUT2D eigenvalue weighted by molar-refractivity contribution is 0.139. The smallest absolute Gasteiger partial charge is 0.191 e. The van der Waals surface area contributed by atoms with Crippen LogP contribution in [0.3, 0.4) is 0 Å². The molecule has 1 aromatic rings. The van der Waals surface area contributed by atoms with E-state index in [4.69, 9.17) is 0 Å². The number of hydrogen-bond acceptors (Lipinski definition) is 2. The molecule has 0 heterocycles. The van der Waals surface area contributed by atoms with Gasteiger partial charge in [0.1, 0.15) is 5.82 Å². The molecular formula is C18H28FN3O. The fraction of sp³-hybridized carbons (Fsp3) is 0.611. The van der Waals surface area contributed by atoms with Crippen molar-refractivity contribution in [2.45, 2.75) is 45.6 Å². The van der Waals surface area contributed by atoms with Crippen molar-refractivity contribution in [2.75, 3.05) is 19.6 Å². The Balaban J connectivity index is 1.92. The van der Waals surface area contributed by atoms with Gasteiger partial charge in [-0.3, -0.25) is 4.99 Å². The normalized spacial score (nSPS) is 18.2. The van der Waals surface area contributed by atoms with Gasteiger partial charge in [0, 0.05) is 25.2 Å². The molecule has 23 heavy (non-hydrogen) atoms. The number of aliphatic hydroxyl groups excluding tert-OH is 1. The molecule has 0 saturated heterocycles. The third kappa shape index (κ3) is 4.67. The van der Waals surface area contributed by atoms with Crippen LogP contribution in [-0.2, 0) is 0 Å². The first-order valence-electron chi connectivity index (χ1n) is 8.55. The number of guanidine groups is 1. The zero-order valence-corrected chi connectivity index (χ0v) is 14.1. The van der Waals surface area contributed by atoms with E-state index in [1.54, 1.807) is 18.2 Å². The molecule has 0 aromatic heterocycles. The van der Waals surface area contributed by atoms with Crippen molar-refractivity contribution in [1.82, 2.24) is 10.6 Å². The van der Waals surface area contributed by atoms with Crippen LogP contribution in [0.25, 0.3) is 0 Å². The van der Waals surface area contributed by atoms with Crippen molar-refractivity contribution in [1.29, 1.82) is 0 Å². The lowest BCUT2D eigenvalue weighted by atomic mass is 9.67. The number of aliphatic hydroxyl groups is 1. The van der Waals surface area contributed by atoms with Gasteiger partial charge < -0.3 is 15.7 Å². The number of nitrogens with one attached hydrogen (secondary N) is 2. The fourth-order valence-electron chi connectivity index (χ4n) is 2.94. The second-order valence-corrected chi connectivity index (χ2v) is 6.32. The van der Waals surface area contributed by atoms with E-state index in [0.29, 0.717) is 16.9 Å². The quantitative estimate of drug-likeness (QED) is 0.534. The Hall–Kier alpha value is -1.62. The number of rotatable bonds is 7. The summed E-state index contributed by atoms with van der Waals surface area (Å²) in [5.74, 6) is 0.297. The molecule has 0 bridgehead atoms. The highest BCUT2D eigenvalue weighted by molar-refractivity contribution is 5.79. The summed E-state index contributed by atoms with van der Waals surface area (Å²) in [6.45, 7) is 6.00. The van der Waals surface area contributed by atoms with Gasteiger partial charge in [-0.05, 0) is 37.7 Å². The first kappa shape index (κ1) is 17.7. The molecule has 1 atom stereocenters. The topological polar surface area (TPSA) is 56.7 Å². The van der Waals surface area contributed by atoms with Gasteiger partial charge in [0.2, 0.25) is 0 Å². The molecule has 3 N–H and O–H groups in total. The Morgan fingerprint density at radius 3 is 2.61 bits per heavy atom. The molecule has 1 fully saturated rings. The summed E-state index contributed by atoms with van der Waals surface area (Å²) in [5.41, 5.74) is 0.659. The van der Waals surface area contributed by atoms with Gasteiger partial charge in [0.15, 0.2) is 5.96 Å². The lowest BCUT2D eigenvalue weighted by Gasteiger charge is -2.40. The maximum Gasteiger partial charge on any atom is 0.191 e. The van der Waals surface area contributed by atoms with Crippen LogP contribution in [-0.4, -0.2) is 30.7 Å². The van der Waals surface area contributed by atoms with E-state index in [2.05, 4.69) is 22.5 Å². The van der Waals surface area contributed by atoms with E-state index in [0.717, 1.165) is 19.5 Å². The zero-order valence-electron chi connectivity index (χ0n) is 14.1. The molecule has 2 rings (SSSR count). The Morgan fingerprint density at radius 2 is 2.04 bits per heavy atom. The summed E-state index contributed by atoms with van der Waals surface area (Å²) >= 11 is 0. The maximum absolute atomic E-state index is 13.7. The second-order valence-electron chi connectivity index (χ2n) is 6.32. The fourth-order valence-corrected chi connectivity index (χ4v) is 2.94. The van der Waals surface area contributed by atoms with Crippen LogP contribution in [0, 0.1) is 11.2 Å². The number of benzene rings is 1. The monoisotopic (exact) mass is 321 g/mol. The summed E-state index contributed by atoms with van der Waals surface area (Å²) in [6.07, 6.45) is 4.02. The van der Waals surface area contributed by atoms with Crippen LogP contribution in [0.1, 0.15) is 51.2 Å². The second kappa shape index (κ2) is 8.29. The molecule has 1 aromatic carbocycles. The van der Waals surface area contributed by atoms with Gasteiger partial charge in [-0.2, -0.15) is 0 Å². The molecule has 0 aliphatic heterocycles. The first-order valence-corrected chi connectivity index (χ1v) is 8.55. The Kier molecular flexibility index (Phi) is 6.39. The van der Waals surface area contributed by atoms with Gasteiger partial charge >= 0.3 is 0 Å². The number of aliphatic imine (C=N–C) groups is 1. The standard InChI is InChI=1S/C18H28FN3O/c1-3-18(10-7-11-18)13-22-17(20-4-2)21-12-16(23)14-8-5-6-9-15(14)19/h5-6,8-9,16,23H,3-4,7,10-13H2,1-2H3,(H2,20,21,22). The highest BCUT2D eigenvalue weighted by Crippen LogP contribution is 2.43. The van der Waals surface area contributed by atoms with Gasteiger partial charge in [0.05, 0.1) is 6.10 Å². The van der Waals surface area contributed by atoms with Gasteiger partial charge in [-0.15, -0.1) is 0 Å². The van der Waals surface area contributed by atoms with E-state index >= 15 is 0 Å². The molecule has 128 valence electrons. The summed E-state index contributed by atoms with van der Waals surface area (Å²) in [4.78, 5) is 4.66. The van der Waals surface area contributed by atoms with Gasteiger partial charge in [0.25, 0.3) is 0 Å². The number of nitrogens with zero attached hydrogens (tertiary/aromatic N) is 1. The Labute approximate surface area is 138 Å². The van der Waals surface area contributed by atoms with Crippen LogP contribution in [0.5, 0.6) is 0 Å². The highest BCUT2D eigenvalue weighted by Gasteiger charge is 2.34. The van der Waals surface area contributed by atoms with Crippen molar-refractivity contribution in [3.8, 4) is 0 Å². The highest BCUT2D eigenvalue weighted by atomic mass is 19.1. The van der Waals surface area contributed by atoms with Gasteiger partial charge in [-0.1, -0.05) is 31.5 Å². The molecule has 4 nitrogen and oxygen atoms in total. The Bertz CT molecular complexity index is 523. The molecule has 5 heteroatoms. The minimum Gasteiger partial charge on any atom is -0.386 e. The van der Waals surface area contributed by atoms with Gasteiger partial charge in [-0.25, -0.2) is 4.39 Å². The molecule has 1 unspecified atom stereocenters. The van der Waals surface area contributed by atoms with E-state index in [-0.39, 0.29) is 12.4 Å². The molecule has 0 amide bonds. The maximum atomic E-state index is 13.7. The molecule has 1 aliphatic carbocycles. The summed E-state index contributed by atoms with van der Waals surface area (Å²) < 4.78 is 13.7. The molecular weight excluding hydrogens is 293 g/mol. The van der Waals surface area contributed by atoms with Crippen LogP contribution in [0.15, 0.2) is 29.3 Å². The first-order chi connectivity index (χ1) is 11.1. The number of hydrogen-bond donors (Lipinski definition) is 3. The largest absolute Gasteiger partial charge is 0.386 e. The molecule has 0 spiro atoms. The third-order valence-corrected chi connectivity index (χ3v) is 4.81. The summed E-state index contributed by atoms with van der Waals surface area (Å²) in [6, 6.07) is 6.31. The van der Waals surface area contributed by atoms with Crippen LogP contribution < -0.4 is 10.6 Å². The third-order valence-electron chi connectivity index (χ3n) is 4.81. The van der Waals surface area contributed by atoms with Crippen molar-refractivity contribution in [3.63, 3.8) is 0 Å². The predicted molar refractivity (Wildman–Crippen MR) is 91.9 cm³/mol. The van der Waals surface area contributed by atoms with E-state index < -0.39 is 6.10 Å². The lowest BCUT2D eigenvalue weighted by Crippen LogP contribution is -2.41. The zero-order chi connectivity index (χ0) is 16.7. The average Bonchev–Trinajstić information content (AvgIpc) is 2.52. The minimum absolute atomic E-state index is 0.228. The molecule has 1 saturated carbocycles. The number of halogens is 1. The van der Waals surface area contributed by atoms with E-state index in [1.807, 2.05) is 6.92 Å². The summed E-state index contributed by atoms with van der Waals surface area (Å²) in [7, 11) is 0. The van der Waals surface area contributed by atoms with Crippen molar-refractivity contribution >= 4 is 5.96 Å². The van der Waals surface area contributed by atoms with E-state index in [9.17, 15) is 9.50 Å². The van der Waals surface area contributed by atoms with Crippen molar-refractivity contribution < 1.29 is 9.50 Å². The van der Waals surface area contributed by atoms with Crippen molar-refractivity contribution in [3.05, 3.63) is 35.6 Å². The van der Waals surface area contributed by atoms with Crippen LogP contribution in [0.2, 0.25) is 0 Å². The van der Waals surface area contributed by atoms with Crippen molar-refractivity contribution in [2.24, 2.45) is 10.4 Å². The SMILES string of the molecule is CCNC(=NCC1(CC)CCC1)NCC(O)c1ccccc1F. The van der Waals surface area contributed by atoms with E-state index in [1.165, 1.54) is 25.3 Å².